The van der Waals surface area contributed by atoms with Crippen molar-refractivity contribution in [2.75, 3.05) is 13.1 Å². The van der Waals surface area contributed by atoms with Crippen molar-refractivity contribution in [3.05, 3.63) is 0 Å². The van der Waals surface area contributed by atoms with Gasteiger partial charge in [-0.15, -0.1) is 0 Å². The SMILES string of the molecule is CCNCC.[Ca+2].[H-].[H-]. The molecule has 36 valence electrons. The topological polar surface area (TPSA) is 12.0 Å². The van der Waals surface area contributed by atoms with Crippen LogP contribution in [0.5, 0.6) is 0 Å². The van der Waals surface area contributed by atoms with E-state index in [0.29, 0.717) is 0 Å². The zero-order valence-corrected chi connectivity index (χ0v) is 6.83. The summed E-state index contributed by atoms with van der Waals surface area (Å²) in [5.74, 6) is 0. The molecule has 0 amide bonds. The molecule has 0 radical (unpaired) electrons. The van der Waals surface area contributed by atoms with Crippen LogP contribution < -0.4 is 5.32 Å². The number of rotatable bonds is 2. The Balaban J connectivity index is -0.0000000267. The molecule has 0 saturated heterocycles. The molecule has 0 unspecified atom stereocenters. The van der Waals surface area contributed by atoms with Crippen LogP contribution in [0.1, 0.15) is 16.7 Å². The Kier molecular flexibility index (Phi) is 16.3. The Hall–Kier alpha value is 1.22. The molecule has 0 aromatic carbocycles. The quantitative estimate of drug-likeness (QED) is 0.516. The molecule has 1 N–H and O–H groups in total. The van der Waals surface area contributed by atoms with E-state index in [9.17, 15) is 0 Å². The fourth-order valence-corrected chi connectivity index (χ4v) is 0.250. The normalized spacial score (nSPS) is 7.00. The first kappa shape index (κ1) is 10.3. The molecule has 1 nitrogen and oxygen atoms in total. The maximum atomic E-state index is 3.11. The van der Waals surface area contributed by atoms with E-state index in [1.165, 1.54) is 0 Å². The van der Waals surface area contributed by atoms with Crippen molar-refractivity contribution in [1.29, 1.82) is 0 Å². The molecule has 0 bridgehead atoms. The molecule has 0 atom stereocenters. The van der Waals surface area contributed by atoms with Crippen molar-refractivity contribution in [2.24, 2.45) is 0 Å². The molecule has 0 spiro atoms. The van der Waals surface area contributed by atoms with Crippen LogP contribution in [-0.2, 0) is 0 Å². The molecular weight excluding hydrogens is 102 g/mol. The summed E-state index contributed by atoms with van der Waals surface area (Å²) in [5.41, 5.74) is 0. The fraction of sp³-hybridized carbons (Fsp3) is 1.00. The van der Waals surface area contributed by atoms with Gasteiger partial charge in [-0.1, -0.05) is 13.8 Å². The first-order chi connectivity index (χ1) is 2.41. The summed E-state index contributed by atoms with van der Waals surface area (Å²) >= 11 is 0. The zero-order chi connectivity index (χ0) is 4.12. The smallest absolute Gasteiger partial charge is 1.00 e. The van der Waals surface area contributed by atoms with Gasteiger partial charge in [0.15, 0.2) is 0 Å². The summed E-state index contributed by atoms with van der Waals surface area (Å²) < 4.78 is 0. The van der Waals surface area contributed by atoms with Crippen molar-refractivity contribution in [1.82, 2.24) is 5.32 Å². The maximum absolute atomic E-state index is 3.11. The van der Waals surface area contributed by atoms with Gasteiger partial charge in [0, 0.05) is 0 Å². The van der Waals surface area contributed by atoms with Crippen LogP contribution in [0.25, 0.3) is 0 Å². The largest absolute Gasteiger partial charge is 2.00 e. The molecule has 0 saturated carbocycles. The summed E-state index contributed by atoms with van der Waals surface area (Å²) in [6, 6.07) is 0. The van der Waals surface area contributed by atoms with Gasteiger partial charge < -0.3 is 8.17 Å². The summed E-state index contributed by atoms with van der Waals surface area (Å²) in [6.07, 6.45) is 0. The zero-order valence-electron chi connectivity index (χ0n) is 6.62. The van der Waals surface area contributed by atoms with Gasteiger partial charge in [0.05, 0.1) is 0 Å². The van der Waals surface area contributed by atoms with Crippen LogP contribution in [-0.4, -0.2) is 50.8 Å². The standard InChI is InChI=1S/C4H11N.Ca.2H/c1-3-5-4-2;;;/h5H,3-4H2,1-2H3;;;/q;+2;2*-1. The average molecular weight is 115 g/mol. The van der Waals surface area contributed by atoms with Gasteiger partial charge in [0.25, 0.3) is 0 Å². The number of hydrogen-bond acceptors (Lipinski definition) is 1. The molecule has 0 aliphatic heterocycles. The van der Waals surface area contributed by atoms with E-state index < -0.39 is 0 Å². The van der Waals surface area contributed by atoms with E-state index in [4.69, 9.17) is 0 Å². The third-order valence-electron chi connectivity index (χ3n) is 0.500. The molecule has 0 aliphatic rings. The van der Waals surface area contributed by atoms with Gasteiger partial charge in [-0.25, -0.2) is 0 Å². The van der Waals surface area contributed by atoms with Crippen molar-refractivity contribution in [2.45, 2.75) is 13.8 Å². The third-order valence-corrected chi connectivity index (χ3v) is 0.500. The monoisotopic (exact) mass is 115 g/mol. The second-order valence-corrected chi connectivity index (χ2v) is 0.957. The van der Waals surface area contributed by atoms with Crippen LogP contribution in [0.3, 0.4) is 0 Å². The van der Waals surface area contributed by atoms with Crippen molar-refractivity contribution >= 4 is 37.7 Å². The number of nitrogens with one attached hydrogen (secondary N) is 1. The molecule has 0 aromatic rings. The van der Waals surface area contributed by atoms with E-state index in [1.54, 1.807) is 0 Å². The van der Waals surface area contributed by atoms with Crippen LogP contribution in [0.2, 0.25) is 0 Å². The number of hydrogen-bond donors (Lipinski definition) is 1. The van der Waals surface area contributed by atoms with Gasteiger partial charge in [0.2, 0.25) is 0 Å². The van der Waals surface area contributed by atoms with Crippen LogP contribution in [0, 0.1) is 0 Å². The van der Waals surface area contributed by atoms with Crippen molar-refractivity contribution < 1.29 is 2.85 Å². The van der Waals surface area contributed by atoms with Crippen LogP contribution in [0.15, 0.2) is 0 Å². The van der Waals surface area contributed by atoms with E-state index in [1.807, 2.05) is 0 Å². The minimum atomic E-state index is 0. The van der Waals surface area contributed by atoms with Crippen LogP contribution >= 0.6 is 0 Å². The van der Waals surface area contributed by atoms with Gasteiger partial charge in [-0.05, 0) is 13.1 Å². The minimum Gasteiger partial charge on any atom is -1.00 e. The Bertz CT molecular complexity index is 21.5. The Morgan fingerprint density at radius 1 is 1.33 bits per heavy atom. The molecule has 0 fully saturated rings. The molecule has 0 heterocycles. The first-order valence-electron chi connectivity index (χ1n) is 2.12. The minimum absolute atomic E-state index is 0. The fourth-order valence-electron chi connectivity index (χ4n) is 0.250. The Morgan fingerprint density at radius 3 is 1.67 bits per heavy atom. The summed E-state index contributed by atoms with van der Waals surface area (Å²) in [7, 11) is 0. The molecule has 2 heteroatoms. The third kappa shape index (κ3) is 8.97. The molecule has 6 heavy (non-hydrogen) atoms. The Morgan fingerprint density at radius 2 is 1.67 bits per heavy atom. The molecule has 0 rings (SSSR count). The van der Waals surface area contributed by atoms with Gasteiger partial charge in [-0.3, -0.25) is 0 Å². The summed E-state index contributed by atoms with van der Waals surface area (Å²) in [5, 5.41) is 3.11. The second-order valence-electron chi connectivity index (χ2n) is 0.957. The second kappa shape index (κ2) is 9.52. The van der Waals surface area contributed by atoms with E-state index in [2.05, 4.69) is 19.2 Å². The van der Waals surface area contributed by atoms with E-state index >= 15 is 0 Å². The predicted octanol–water partition coefficient (Wildman–Crippen LogP) is 0.460. The van der Waals surface area contributed by atoms with E-state index in [0.717, 1.165) is 13.1 Å². The Labute approximate surface area is 72.5 Å². The molecule has 0 aromatic heterocycles. The van der Waals surface area contributed by atoms with Gasteiger partial charge >= 0.3 is 37.7 Å². The van der Waals surface area contributed by atoms with Crippen LogP contribution in [0.4, 0.5) is 0 Å². The predicted molar refractivity (Wildman–Crippen MR) is 32.2 cm³/mol. The van der Waals surface area contributed by atoms with Gasteiger partial charge in [-0.2, -0.15) is 0 Å². The average Bonchev–Trinajstić information content (AvgIpc) is 1.41. The maximum Gasteiger partial charge on any atom is 2.00 e. The van der Waals surface area contributed by atoms with Gasteiger partial charge in [0.1, 0.15) is 0 Å². The molecule has 0 aliphatic carbocycles. The first-order valence-corrected chi connectivity index (χ1v) is 2.12. The summed E-state index contributed by atoms with van der Waals surface area (Å²) in [6.45, 7) is 6.39. The summed E-state index contributed by atoms with van der Waals surface area (Å²) in [4.78, 5) is 0. The molecular formula is C4H13CaN. The van der Waals surface area contributed by atoms with E-state index in [-0.39, 0.29) is 40.6 Å². The van der Waals surface area contributed by atoms with Crippen molar-refractivity contribution in [3.63, 3.8) is 0 Å². The van der Waals surface area contributed by atoms with Crippen molar-refractivity contribution in [3.8, 4) is 0 Å².